The summed E-state index contributed by atoms with van der Waals surface area (Å²) in [5, 5.41) is 7.65. The first-order chi connectivity index (χ1) is 10.1. The van der Waals surface area contributed by atoms with E-state index in [1.807, 2.05) is 17.7 Å². The van der Waals surface area contributed by atoms with E-state index in [-0.39, 0.29) is 17.4 Å². The van der Waals surface area contributed by atoms with Crippen molar-refractivity contribution in [3.8, 4) is 0 Å². The highest BCUT2D eigenvalue weighted by Gasteiger charge is 2.34. The molecule has 1 atom stereocenters. The predicted molar refractivity (Wildman–Crippen MR) is 89.0 cm³/mol. The number of aromatic nitrogens is 2. The van der Waals surface area contributed by atoms with E-state index in [4.69, 9.17) is 5.73 Å². The molecule has 0 aromatic carbocycles. The molecule has 5 heteroatoms. The molecule has 0 spiro atoms. The molecule has 1 aromatic rings. The Morgan fingerprint density at radius 3 is 2.41 bits per heavy atom. The molecular weight excluding hydrogens is 276 g/mol. The summed E-state index contributed by atoms with van der Waals surface area (Å²) < 4.78 is 2.01. The maximum absolute atomic E-state index is 12.6. The van der Waals surface area contributed by atoms with Crippen LogP contribution in [0.3, 0.4) is 0 Å². The van der Waals surface area contributed by atoms with Crippen LogP contribution in [0, 0.1) is 5.92 Å². The quantitative estimate of drug-likeness (QED) is 0.878. The van der Waals surface area contributed by atoms with Gasteiger partial charge in [-0.15, -0.1) is 0 Å². The summed E-state index contributed by atoms with van der Waals surface area (Å²) in [6.45, 7) is 12.9. The summed E-state index contributed by atoms with van der Waals surface area (Å²) in [5.74, 6) is 0.680. The van der Waals surface area contributed by atoms with Gasteiger partial charge in [0.1, 0.15) is 5.69 Å². The van der Waals surface area contributed by atoms with Gasteiger partial charge in [-0.25, -0.2) is 0 Å². The maximum atomic E-state index is 12.6. The zero-order valence-corrected chi connectivity index (χ0v) is 14.7. The molecular formula is C17H30N4O. The Bertz CT molecular complexity index is 551. The van der Waals surface area contributed by atoms with Crippen LogP contribution in [-0.2, 0) is 5.54 Å². The van der Waals surface area contributed by atoms with Gasteiger partial charge in [0, 0.05) is 18.2 Å². The lowest BCUT2D eigenvalue weighted by molar-refractivity contribution is 0.0876. The van der Waals surface area contributed by atoms with Gasteiger partial charge in [0.25, 0.3) is 5.91 Å². The third-order valence-electron chi connectivity index (χ3n) is 4.70. The average Bonchev–Trinajstić information content (AvgIpc) is 3.15. The molecule has 0 radical (unpaired) electrons. The van der Waals surface area contributed by atoms with E-state index in [9.17, 15) is 4.79 Å². The Kier molecular flexibility index (Phi) is 4.39. The van der Waals surface area contributed by atoms with Crippen LogP contribution >= 0.6 is 0 Å². The Balaban J connectivity index is 2.27. The lowest BCUT2D eigenvalue weighted by Gasteiger charge is -2.33. The van der Waals surface area contributed by atoms with Crippen LogP contribution < -0.4 is 11.1 Å². The molecule has 0 bridgehead atoms. The molecule has 1 amide bonds. The molecule has 1 aliphatic carbocycles. The lowest BCUT2D eigenvalue weighted by Crippen LogP contribution is -2.55. The smallest absolute Gasteiger partial charge is 0.272 e. The normalized spacial score (nSPS) is 18.4. The minimum Gasteiger partial charge on any atom is -0.344 e. The SMILES string of the molecule is CC(C)C(C)(CN)NC(=O)c1cc(C2CC2)n(C(C)(C)C)n1. The molecule has 1 saturated carbocycles. The highest BCUT2D eigenvalue weighted by Crippen LogP contribution is 2.41. The van der Waals surface area contributed by atoms with Gasteiger partial charge in [-0.3, -0.25) is 9.48 Å². The van der Waals surface area contributed by atoms with Gasteiger partial charge in [-0.2, -0.15) is 5.10 Å². The molecule has 1 heterocycles. The molecule has 1 aliphatic rings. The van der Waals surface area contributed by atoms with Crippen LogP contribution in [-0.4, -0.2) is 27.8 Å². The molecule has 1 fully saturated rings. The first kappa shape index (κ1) is 17.0. The minimum absolute atomic E-state index is 0.119. The zero-order chi connectivity index (χ0) is 16.7. The predicted octanol–water partition coefficient (Wildman–Crippen LogP) is 2.62. The molecule has 2 rings (SSSR count). The molecule has 124 valence electrons. The molecule has 1 aromatic heterocycles. The Morgan fingerprint density at radius 1 is 1.41 bits per heavy atom. The highest BCUT2D eigenvalue weighted by molar-refractivity contribution is 5.93. The van der Waals surface area contributed by atoms with Crippen molar-refractivity contribution in [2.75, 3.05) is 6.54 Å². The van der Waals surface area contributed by atoms with Gasteiger partial charge < -0.3 is 11.1 Å². The van der Waals surface area contributed by atoms with Gasteiger partial charge >= 0.3 is 0 Å². The zero-order valence-electron chi connectivity index (χ0n) is 14.7. The van der Waals surface area contributed by atoms with E-state index in [1.165, 1.54) is 18.5 Å². The Hall–Kier alpha value is -1.36. The Morgan fingerprint density at radius 2 is 2.00 bits per heavy atom. The second kappa shape index (κ2) is 5.69. The molecule has 1 unspecified atom stereocenters. The number of carbonyl (C=O) groups excluding carboxylic acids is 1. The fourth-order valence-electron chi connectivity index (χ4n) is 2.47. The van der Waals surface area contributed by atoms with E-state index in [0.717, 1.165) is 0 Å². The fraction of sp³-hybridized carbons (Fsp3) is 0.765. The number of carbonyl (C=O) groups is 1. The van der Waals surface area contributed by atoms with Crippen molar-refractivity contribution in [2.45, 2.75) is 71.4 Å². The number of nitrogens with two attached hydrogens (primary N) is 1. The summed E-state index contributed by atoms with van der Waals surface area (Å²) in [6.07, 6.45) is 2.38. The van der Waals surface area contributed by atoms with E-state index in [2.05, 4.69) is 45.0 Å². The van der Waals surface area contributed by atoms with Gasteiger partial charge in [0.15, 0.2) is 0 Å². The fourth-order valence-corrected chi connectivity index (χ4v) is 2.47. The van der Waals surface area contributed by atoms with Crippen molar-refractivity contribution in [1.82, 2.24) is 15.1 Å². The maximum Gasteiger partial charge on any atom is 0.272 e. The summed E-state index contributed by atoms with van der Waals surface area (Å²) >= 11 is 0. The number of nitrogens with one attached hydrogen (secondary N) is 1. The van der Waals surface area contributed by atoms with E-state index < -0.39 is 5.54 Å². The minimum atomic E-state index is -0.414. The first-order valence-corrected chi connectivity index (χ1v) is 8.21. The average molecular weight is 306 g/mol. The van der Waals surface area contributed by atoms with Crippen LogP contribution in [0.5, 0.6) is 0 Å². The van der Waals surface area contributed by atoms with Gasteiger partial charge in [0.2, 0.25) is 0 Å². The van der Waals surface area contributed by atoms with Gasteiger partial charge in [-0.1, -0.05) is 13.8 Å². The van der Waals surface area contributed by atoms with E-state index >= 15 is 0 Å². The number of nitrogens with zero attached hydrogens (tertiary/aromatic N) is 2. The van der Waals surface area contributed by atoms with Crippen molar-refractivity contribution < 1.29 is 4.79 Å². The van der Waals surface area contributed by atoms with Crippen molar-refractivity contribution in [2.24, 2.45) is 11.7 Å². The van der Waals surface area contributed by atoms with Crippen molar-refractivity contribution >= 4 is 5.91 Å². The summed E-state index contributed by atoms with van der Waals surface area (Å²) in [7, 11) is 0. The number of rotatable bonds is 5. The second-order valence-corrected chi connectivity index (χ2v) is 8.04. The van der Waals surface area contributed by atoms with E-state index in [0.29, 0.717) is 18.2 Å². The molecule has 0 saturated heterocycles. The summed E-state index contributed by atoms with van der Waals surface area (Å²) in [4.78, 5) is 12.6. The molecule has 3 N–H and O–H groups in total. The monoisotopic (exact) mass is 306 g/mol. The highest BCUT2D eigenvalue weighted by atomic mass is 16.2. The van der Waals surface area contributed by atoms with Crippen molar-refractivity contribution in [1.29, 1.82) is 0 Å². The van der Waals surface area contributed by atoms with Gasteiger partial charge in [-0.05, 0) is 52.5 Å². The standard InChI is InChI=1S/C17H30N4O/c1-11(2)17(6,10-18)19-15(22)13-9-14(12-7-8-12)21(20-13)16(3,4)5/h9,11-12H,7-8,10,18H2,1-6H3,(H,19,22). The second-order valence-electron chi connectivity index (χ2n) is 8.04. The summed E-state index contributed by atoms with van der Waals surface area (Å²) in [5.41, 5.74) is 7.00. The van der Waals surface area contributed by atoms with Crippen LogP contribution in [0.2, 0.25) is 0 Å². The summed E-state index contributed by atoms with van der Waals surface area (Å²) in [6, 6.07) is 1.95. The van der Waals surface area contributed by atoms with Crippen molar-refractivity contribution in [3.05, 3.63) is 17.5 Å². The molecule has 5 nitrogen and oxygen atoms in total. The topological polar surface area (TPSA) is 72.9 Å². The van der Waals surface area contributed by atoms with Crippen LogP contribution in [0.15, 0.2) is 6.07 Å². The van der Waals surface area contributed by atoms with Crippen LogP contribution in [0.25, 0.3) is 0 Å². The van der Waals surface area contributed by atoms with Crippen molar-refractivity contribution in [3.63, 3.8) is 0 Å². The third-order valence-corrected chi connectivity index (χ3v) is 4.70. The number of hydrogen-bond donors (Lipinski definition) is 2. The number of hydrogen-bond acceptors (Lipinski definition) is 3. The van der Waals surface area contributed by atoms with Crippen LogP contribution in [0.1, 0.15) is 76.5 Å². The third kappa shape index (κ3) is 3.35. The number of amides is 1. The molecule has 22 heavy (non-hydrogen) atoms. The lowest BCUT2D eigenvalue weighted by atomic mass is 9.88. The largest absolute Gasteiger partial charge is 0.344 e. The Labute approximate surface area is 133 Å². The first-order valence-electron chi connectivity index (χ1n) is 8.21. The van der Waals surface area contributed by atoms with Crippen LogP contribution in [0.4, 0.5) is 0 Å². The molecule has 0 aliphatic heterocycles. The van der Waals surface area contributed by atoms with Gasteiger partial charge in [0.05, 0.1) is 11.1 Å². The van der Waals surface area contributed by atoms with E-state index in [1.54, 1.807) is 0 Å².